The lowest BCUT2D eigenvalue weighted by atomic mass is 10.1. The summed E-state index contributed by atoms with van der Waals surface area (Å²) in [5, 5.41) is 21.2. The topological polar surface area (TPSA) is 95.6 Å². The number of carbonyl (C=O) groups excluding carboxylic acids is 1. The monoisotopic (exact) mass is 292 g/mol. The van der Waals surface area contributed by atoms with Gasteiger partial charge in [0.25, 0.3) is 5.91 Å². The van der Waals surface area contributed by atoms with E-state index in [2.05, 4.69) is 5.32 Å². The van der Waals surface area contributed by atoms with Gasteiger partial charge in [-0.05, 0) is 19.1 Å². The lowest BCUT2D eigenvalue weighted by Gasteiger charge is -2.20. The second-order valence-corrected chi connectivity index (χ2v) is 4.98. The molecule has 1 unspecified atom stereocenters. The molecule has 1 aromatic rings. The first-order valence-corrected chi connectivity index (χ1v) is 5.88. The summed E-state index contributed by atoms with van der Waals surface area (Å²) < 4.78 is 0. The highest BCUT2D eigenvalue weighted by molar-refractivity contribution is 6.43. The first-order chi connectivity index (χ1) is 8.26. The fourth-order valence-corrected chi connectivity index (χ4v) is 1.51. The minimum Gasteiger partial charge on any atom is -0.397 e. The molecule has 0 radical (unpaired) electrons. The summed E-state index contributed by atoms with van der Waals surface area (Å²) >= 11 is 11.6. The van der Waals surface area contributed by atoms with Crippen molar-refractivity contribution in [1.29, 1.82) is 0 Å². The summed E-state index contributed by atoms with van der Waals surface area (Å²) in [6.07, 6.45) is 0. The van der Waals surface area contributed by atoms with E-state index in [1.807, 2.05) is 0 Å². The Bertz CT molecular complexity index is 441. The van der Waals surface area contributed by atoms with Gasteiger partial charge in [0.15, 0.2) is 0 Å². The fraction of sp³-hybridized carbons (Fsp3) is 0.364. The number of carbonyl (C=O) groups is 1. The molecule has 5 N–H and O–H groups in total. The maximum atomic E-state index is 11.8. The van der Waals surface area contributed by atoms with Crippen LogP contribution in [0.1, 0.15) is 17.3 Å². The summed E-state index contributed by atoms with van der Waals surface area (Å²) in [4.78, 5) is 11.8. The molecule has 1 aromatic carbocycles. The Labute approximate surface area is 115 Å². The highest BCUT2D eigenvalue weighted by Crippen LogP contribution is 2.29. The van der Waals surface area contributed by atoms with E-state index in [9.17, 15) is 9.90 Å². The predicted octanol–water partition coefficient (Wildman–Crippen LogP) is 1.05. The smallest absolute Gasteiger partial charge is 0.251 e. The molecule has 1 amide bonds. The second kappa shape index (κ2) is 5.75. The lowest BCUT2D eigenvalue weighted by molar-refractivity contribution is 0.00320. The van der Waals surface area contributed by atoms with Crippen molar-refractivity contribution in [2.24, 2.45) is 0 Å². The number of amides is 1. The maximum absolute atomic E-state index is 11.8. The van der Waals surface area contributed by atoms with E-state index in [0.717, 1.165) is 0 Å². The van der Waals surface area contributed by atoms with Crippen LogP contribution in [0.15, 0.2) is 12.1 Å². The van der Waals surface area contributed by atoms with Gasteiger partial charge in [-0.15, -0.1) is 0 Å². The molecule has 0 aliphatic carbocycles. The van der Waals surface area contributed by atoms with Gasteiger partial charge in [-0.25, -0.2) is 0 Å². The molecule has 0 heterocycles. The van der Waals surface area contributed by atoms with Crippen LogP contribution in [-0.4, -0.2) is 34.9 Å². The summed E-state index contributed by atoms with van der Waals surface area (Å²) in [5.74, 6) is -0.464. The molecular weight excluding hydrogens is 279 g/mol. The van der Waals surface area contributed by atoms with E-state index in [1.165, 1.54) is 19.1 Å². The number of hydrogen-bond acceptors (Lipinski definition) is 4. The van der Waals surface area contributed by atoms with Crippen LogP contribution in [0, 0.1) is 0 Å². The van der Waals surface area contributed by atoms with E-state index in [-0.39, 0.29) is 27.8 Å². The Morgan fingerprint density at radius 3 is 2.61 bits per heavy atom. The lowest BCUT2D eigenvalue weighted by Crippen LogP contribution is -2.43. The molecule has 0 saturated heterocycles. The van der Waals surface area contributed by atoms with Crippen LogP contribution in [0.3, 0.4) is 0 Å². The molecule has 1 atom stereocenters. The molecule has 0 fully saturated rings. The van der Waals surface area contributed by atoms with Crippen molar-refractivity contribution in [2.45, 2.75) is 12.5 Å². The van der Waals surface area contributed by atoms with Crippen molar-refractivity contribution in [3.63, 3.8) is 0 Å². The largest absolute Gasteiger partial charge is 0.397 e. The van der Waals surface area contributed by atoms with E-state index in [0.29, 0.717) is 0 Å². The van der Waals surface area contributed by atoms with E-state index in [4.69, 9.17) is 34.0 Å². The molecule has 18 heavy (non-hydrogen) atoms. The van der Waals surface area contributed by atoms with Gasteiger partial charge in [0.2, 0.25) is 0 Å². The molecule has 0 bridgehead atoms. The average molecular weight is 293 g/mol. The van der Waals surface area contributed by atoms with Crippen LogP contribution < -0.4 is 11.1 Å². The van der Waals surface area contributed by atoms with Crippen molar-refractivity contribution in [2.75, 3.05) is 18.9 Å². The van der Waals surface area contributed by atoms with Crippen molar-refractivity contribution < 1.29 is 15.0 Å². The molecule has 7 heteroatoms. The summed E-state index contributed by atoms with van der Waals surface area (Å²) in [7, 11) is 0. The number of nitrogens with one attached hydrogen (secondary N) is 1. The Hall–Kier alpha value is -1.01. The van der Waals surface area contributed by atoms with Gasteiger partial charge in [-0.2, -0.15) is 0 Å². The van der Waals surface area contributed by atoms with Crippen LogP contribution >= 0.6 is 23.2 Å². The standard InChI is InChI=1S/C11H14Cl2N2O3/c1-11(18,5-16)4-15-10(17)6-2-7(12)9(13)8(14)3-6/h2-3,16,18H,4-5,14H2,1H3,(H,15,17). The number of nitrogen functional groups attached to an aromatic ring is 1. The van der Waals surface area contributed by atoms with Gasteiger partial charge in [0, 0.05) is 12.1 Å². The first-order valence-electron chi connectivity index (χ1n) is 5.13. The average Bonchev–Trinajstić information content (AvgIpc) is 2.32. The van der Waals surface area contributed by atoms with Gasteiger partial charge in [-0.3, -0.25) is 4.79 Å². The highest BCUT2D eigenvalue weighted by Gasteiger charge is 2.20. The molecule has 1 rings (SSSR count). The van der Waals surface area contributed by atoms with Crippen LogP contribution in [0.25, 0.3) is 0 Å². The van der Waals surface area contributed by atoms with E-state index in [1.54, 1.807) is 0 Å². The first kappa shape index (κ1) is 15.0. The molecule has 0 saturated carbocycles. The number of benzene rings is 1. The van der Waals surface area contributed by atoms with Crippen LogP contribution in [-0.2, 0) is 0 Å². The molecule has 100 valence electrons. The SMILES string of the molecule is CC(O)(CO)CNC(=O)c1cc(N)c(Cl)c(Cl)c1. The molecule has 5 nitrogen and oxygen atoms in total. The number of halogens is 2. The molecule has 0 spiro atoms. The van der Waals surface area contributed by atoms with Gasteiger partial charge >= 0.3 is 0 Å². The minimum absolute atomic E-state index is 0.0948. The Balaban J connectivity index is 2.80. The third-order valence-electron chi connectivity index (χ3n) is 2.29. The maximum Gasteiger partial charge on any atom is 0.251 e. The Kier molecular flexibility index (Phi) is 4.81. The van der Waals surface area contributed by atoms with Crippen molar-refractivity contribution in [3.05, 3.63) is 27.7 Å². The molecular formula is C11H14Cl2N2O3. The Morgan fingerprint density at radius 1 is 1.50 bits per heavy atom. The number of aliphatic hydroxyl groups is 2. The quantitative estimate of drug-likeness (QED) is 0.624. The Morgan fingerprint density at radius 2 is 2.11 bits per heavy atom. The number of hydrogen-bond donors (Lipinski definition) is 4. The van der Waals surface area contributed by atoms with Gasteiger partial charge in [0.05, 0.1) is 22.3 Å². The highest BCUT2D eigenvalue weighted by atomic mass is 35.5. The third kappa shape index (κ3) is 3.74. The van der Waals surface area contributed by atoms with Crippen LogP contribution in [0.2, 0.25) is 10.0 Å². The third-order valence-corrected chi connectivity index (χ3v) is 3.11. The zero-order valence-corrected chi connectivity index (χ0v) is 11.2. The molecule has 0 aliphatic rings. The number of rotatable bonds is 4. The zero-order valence-electron chi connectivity index (χ0n) is 9.70. The molecule has 0 aromatic heterocycles. The number of anilines is 1. The summed E-state index contributed by atoms with van der Waals surface area (Å²) in [5.41, 5.74) is 4.63. The normalized spacial score (nSPS) is 14.1. The van der Waals surface area contributed by atoms with Crippen molar-refractivity contribution >= 4 is 34.8 Å². The fourth-order valence-electron chi connectivity index (χ4n) is 1.17. The van der Waals surface area contributed by atoms with Crippen molar-refractivity contribution in [3.8, 4) is 0 Å². The van der Waals surface area contributed by atoms with Gasteiger partial charge in [0.1, 0.15) is 5.60 Å². The van der Waals surface area contributed by atoms with Crippen LogP contribution in [0.4, 0.5) is 5.69 Å². The predicted molar refractivity (Wildman–Crippen MR) is 70.9 cm³/mol. The van der Waals surface area contributed by atoms with E-state index >= 15 is 0 Å². The summed E-state index contributed by atoms with van der Waals surface area (Å²) in [6.45, 7) is 0.843. The van der Waals surface area contributed by atoms with Gasteiger partial charge in [-0.1, -0.05) is 23.2 Å². The van der Waals surface area contributed by atoms with E-state index < -0.39 is 18.1 Å². The van der Waals surface area contributed by atoms with Crippen LogP contribution in [0.5, 0.6) is 0 Å². The van der Waals surface area contributed by atoms with Gasteiger partial charge < -0.3 is 21.3 Å². The second-order valence-electron chi connectivity index (χ2n) is 4.20. The number of nitrogens with two attached hydrogens (primary N) is 1. The number of aliphatic hydroxyl groups excluding tert-OH is 1. The molecule has 0 aliphatic heterocycles. The minimum atomic E-state index is -1.38. The zero-order chi connectivity index (χ0) is 13.9. The van der Waals surface area contributed by atoms with Crippen molar-refractivity contribution in [1.82, 2.24) is 5.32 Å². The summed E-state index contributed by atoms with van der Waals surface area (Å²) in [6, 6.07) is 2.76.